The minimum absolute atomic E-state index is 0.195. The molecule has 0 bridgehead atoms. The van der Waals surface area contributed by atoms with Gasteiger partial charge in [-0.25, -0.2) is 15.0 Å². The number of imidazole rings is 1. The van der Waals surface area contributed by atoms with Crippen LogP contribution in [-0.2, 0) is 14.2 Å². The van der Waals surface area contributed by atoms with Gasteiger partial charge >= 0.3 is 0 Å². The first-order valence-corrected chi connectivity index (χ1v) is 10.5. The second-order valence-corrected chi connectivity index (χ2v) is 7.94. The average Bonchev–Trinajstić information content (AvgIpc) is 3.48. The second kappa shape index (κ2) is 8.21. The quantitative estimate of drug-likeness (QED) is 0.542. The minimum atomic E-state index is -0.572. The van der Waals surface area contributed by atoms with Crippen molar-refractivity contribution in [2.45, 2.75) is 30.8 Å². The predicted molar refractivity (Wildman–Crippen MR) is 114 cm³/mol. The standard InChI is InChI=1S/C20H23ClN6O4/c1-26(7-6-21)12-4-2-11(3-5-12)20-30-15-13(8-28)29-19(16(15)31-20)27-10-25-14-17(22)23-9-24-18(14)27/h2-5,9-10,13,15-16,19-20,28H,6-8H2,1H3,(H2,22,23,24)/t13-,15-,16-,19-,20?/m1/s1. The summed E-state index contributed by atoms with van der Waals surface area (Å²) in [6.07, 6.45) is 0.409. The van der Waals surface area contributed by atoms with Gasteiger partial charge in [-0.15, -0.1) is 11.6 Å². The number of rotatable bonds is 6. The molecule has 0 spiro atoms. The van der Waals surface area contributed by atoms with E-state index in [-0.39, 0.29) is 12.4 Å². The number of aliphatic hydroxyl groups excluding tert-OH is 1. The zero-order valence-corrected chi connectivity index (χ0v) is 17.6. The van der Waals surface area contributed by atoms with Crippen LogP contribution in [0.2, 0.25) is 0 Å². The topological polar surface area (TPSA) is 121 Å². The number of hydrogen-bond acceptors (Lipinski definition) is 9. The molecule has 5 rings (SSSR count). The van der Waals surface area contributed by atoms with Crippen molar-refractivity contribution in [1.82, 2.24) is 19.5 Å². The Labute approximate surface area is 183 Å². The lowest BCUT2D eigenvalue weighted by atomic mass is 10.1. The molecule has 3 N–H and O–H groups in total. The molecule has 4 heterocycles. The molecule has 0 amide bonds. The van der Waals surface area contributed by atoms with Gasteiger partial charge in [-0.05, 0) is 12.1 Å². The largest absolute Gasteiger partial charge is 0.394 e. The maximum Gasteiger partial charge on any atom is 0.185 e. The summed E-state index contributed by atoms with van der Waals surface area (Å²) in [4.78, 5) is 14.6. The molecule has 5 atom stereocenters. The minimum Gasteiger partial charge on any atom is -0.394 e. The van der Waals surface area contributed by atoms with Gasteiger partial charge in [0.2, 0.25) is 0 Å². The monoisotopic (exact) mass is 446 g/mol. The Hall–Kier alpha value is -2.50. The van der Waals surface area contributed by atoms with Gasteiger partial charge in [0.25, 0.3) is 0 Å². The van der Waals surface area contributed by atoms with Crippen molar-refractivity contribution in [2.24, 2.45) is 0 Å². The number of fused-ring (bicyclic) bond motifs is 2. The van der Waals surface area contributed by atoms with Gasteiger partial charge in [0, 0.05) is 30.7 Å². The molecule has 10 nitrogen and oxygen atoms in total. The van der Waals surface area contributed by atoms with Crippen LogP contribution in [0, 0.1) is 0 Å². The first-order chi connectivity index (χ1) is 15.1. The average molecular weight is 447 g/mol. The maximum absolute atomic E-state index is 9.84. The van der Waals surface area contributed by atoms with Gasteiger partial charge in [0.1, 0.15) is 30.2 Å². The van der Waals surface area contributed by atoms with Crippen LogP contribution in [0.5, 0.6) is 0 Å². The first-order valence-electron chi connectivity index (χ1n) is 9.98. The molecule has 2 aliphatic heterocycles. The highest BCUT2D eigenvalue weighted by Gasteiger charge is 2.53. The van der Waals surface area contributed by atoms with E-state index in [9.17, 15) is 5.11 Å². The molecule has 2 aromatic heterocycles. The summed E-state index contributed by atoms with van der Waals surface area (Å²) in [5.41, 5.74) is 8.87. The molecule has 31 heavy (non-hydrogen) atoms. The number of alkyl halides is 1. The summed E-state index contributed by atoms with van der Waals surface area (Å²) < 4.78 is 20.2. The third kappa shape index (κ3) is 3.50. The van der Waals surface area contributed by atoms with E-state index in [1.165, 1.54) is 6.33 Å². The molecule has 164 valence electrons. The van der Waals surface area contributed by atoms with E-state index < -0.39 is 30.8 Å². The number of nitrogens with zero attached hydrogens (tertiary/aromatic N) is 5. The Kier molecular flexibility index (Phi) is 5.40. The normalized spacial score (nSPS) is 27.6. The molecule has 11 heteroatoms. The fourth-order valence-corrected chi connectivity index (χ4v) is 4.31. The zero-order valence-electron chi connectivity index (χ0n) is 16.8. The maximum atomic E-state index is 9.84. The Morgan fingerprint density at radius 1 is 1.13 bits per heavy atom. The Morgan fingerprint density at radius 2 is 1.90 bits per heavy atom. The van der Waals surface area contributed by atoms with E-state index in [2.05, 4.69) is 19.9 Å². The third-order valence-electron chi connectivity index (χ3n) is 5.71. The number of ether oxygens (including phenoxy) is 3. The fourth-order valence-electron chi connectivity index (χ4n) is 4.06. The third-order valence-corrected chi connectivity index (χ3v) is 5.88. The summed E-state index contributed by atoms with van der Waals surface area (Å²) in [7, 11) is 1.99. The number of hydrogen-bond donors (Lipinski definition) is 2. The summed E-state index contributed by atoms with van der Waals surface area (Å²) in [5, 5.41) is 9.84. The second-order valence-electron chi connectivity index (χ2n) is 7.57. The molecule has 2 aliphatic rings. The summed E-state index contributed by atoms with van der Waals surface area (Å²) in [5.74, 6) is 0.845. The van der Waals surface area contributed by atoms with Gasteiger partial charge in [-0.2, -0.15) is 0 Å². The molecule has 1 unspecified atom stereocenters. The van der Waals surface area contributed by atoms with Crippen molar-refractivity contribution in [1.29, 1.82) is 0 Å². The number of aromatic nitrogens is 4. The van der Waals surface area contributed by atoms with Crippen LogP contribution in [-0.4, -0.2) is 69.0 Å². The van der Waals surface area contributed by atoms with Crippen LogP contribution in [0.15, 0.2) is 36.9 Å². The van der Waals surface area contributed by atoms with Crippen LogP contribution in [0.1, 0.15) is 18.1 Å². The predicted octanol–water partition coefficient (Wildman–Crippen LogP) is 1.46. The van der Waals surface area contributed by atoms with Crippen LogP contribution in [0.25, 0.3) is 11.2 Å². The van der Waals surface area contributed by atoms with Gasteiger partial charge in [-0.1, -0.05) is 12.1 Å². The summed E-state index contributed by atoms with van der Waals surface area (Å²) in [6, 6.07) is 7.94. The molecule has 3 aromatic rings. The van der Waals surface area contributed by atoms with E-state index >= 15 is 0 Å². The number of anilines is 2. The van der Waals surface area contributed by atoms with Crippen molar-refractivity contribution in [3.63, 3.8) is 0 Å². The van der Waals surface area contributed by atoms with Gasteiger partial charge in [0.15, 0.2) is 24.0 Å². The first kappa shape index (κ1) is 20.4. The van der Waals surface area contributed by atoms with Crippen molar-refractivity contribution < 1.29 is 19.3 Å². The molecular formula is C20H23ClN6O4. The number of aliphatic hydroxyl groups is 1. The van der Waals surface area contributed by atoms with E-state index in [4.69, 9.17) is 31.5 Å². The van der Waals surface area contributed by atoms with E-state index in [0.29, 0.717) is 17.0 Å². The molecule has 1 aromatic carbocycles. The van der Waals surface area contributed by atoms with E-state index in [0.717, 1.165) is 17.8 Å². The smallest absolute Gasteiger partial charge is 0.185 e. The number of nitrogen functional groups attached to an aromatic ring is 1. The summed E-state index contributed by atoms with van der Waals surface area (Å²) >= 11 is 5.83. The lowest BCUT2D eigenvalue weighted by molar-refractivity contribution is -0.153. The lowest BCUT2D eigenvalue weighted by Crippen LogP contribution is -2.30. The molecule has 0 radical (unpaired) electrons. The van der Waals surface area contributed by atoms with Crippen LogP contribution >= 0.6 is 11.6 Å². The Bertz CT molecular complexity index is 1060. The highest BCUT2D eigenvalue weighted by molar-refractivity contribution is 6.18. The highest BCUT2D eigenvalue weighted by atomic mass is 35.5. The highest BCUT2D eigenvalue weighted by Crippen LogP contribution is 2.44. The van der Waals surface area contributed by atoms with Crippen molar-refractivity contribution in [2.75, 3.05) is 36.7 Å². The molecule has 2 fully saturated rings. The van der Waals surface area contributed by atoms with Crippen LogP contribution in [0.3, 0.4) is 0 Å². The van der Waals surface area contributed by atoms with Gasteiger partial charge < -0.3 is 30.0 Å². The van der Waals surface area contributed by atoms with E-state index in [1.54, 1.807) is 10.9 Å². The van der Waals surface area contributed by atoms with Gasteiger partial charge in [-0.3, -0.25) is 4.57 Å². The van der Waals surface area contributed by atoms with Crippen LogP contribution < -0.4 is 10.6 Å². The Balaban J connectivity index is 1.40. The fraction of sp³-hybridized carbons (Fsp3) is 0.450. The van der Waals surface area contributed by atoms with E-state index in [1.807, 2.05) is 31.3 Å². The SMILES string of the molecule is CN(CCCl)c1ccc(C2O[C@@H]3[C@H](O2)[C@@H](CO)O[C@H]3n2cnc3c(N)ncnc32)cc1. The van der Waals surface area contributed by atoms with Crippen molar-refractivity contribution >= 4 is 34.3 Å². The number of nitrogens with two attached hydrogens (primary N) is 1. The molecular weight excluding hydrogens is 424 g/mol. The number of halogens is 1. The lowest BCUT2D eigenvalue weighted by Gasteiger charge is -2.22. The summed E-state index contributed by atoms with van der Waals surface area (Å²) in [6.45, 7) is 0.561. The molecule has 0 saturated carbocycles. The zero-order chi connectivity index (χ0) is 21.5. The van der Waals surface area contributed by atoms with Crippen molar-refractivity contribution in [3.8, 4) is 0 Å². The molecule has 2 saturated heterocycles. The Morgan fingerprint density at radius 3 is 2.65 bits per heavy atom. The van der Waals surface area contributed by atoms with Gasteiger partial charge in [0.05, 0.1) is 12.9 Å². The van der Waals surface area contributed by atoms with Crippen LogP contribution in [0.4, 0.5) is 11.5 Å². The molecule has 0 aliphatic carbocycles. The number of benzene rings is 1. The van der Waals surface area contributed by atoms with Crippen molar-refractivity contribution in [3.05, 3.63) is 42.5 Å².